The van der Waals surface area contributed by atoms with Crippen molar-refractivity contribution in [1.29, 1.82) is 0 Å². The number of rotatable bonds is 5. The molecule has 1 aliphatic carbocycles. The Morgan fingerprint density at radius 3 is 1.94 bits per heavy atom. The van der Waals surface area contributed by atoms with Crippen molar-refractivity contribution in [1.82, 2.24) is 4.90 Å². The fraction of sp³-hybridized carbons (Fsp3) is 0.536. The first kappa shape index (κ1) is 24.0. The fourth-order valence-corrected chi connectivity index (χ4v) is 10.9. The molecular formula is C28H39NO3Si. The Morgan fingerprint density at radius 1 is 1.00 bits per heavy atom. The maximum absolute atomic E-state index is 12.3. The molecule has 0 bridgehead atoms. The van der Waals surface area contributed by atoms with Crippen molar-refractivity contribution >= 4 is 24.8 Å². The summed E-state index contributed by atoms with van der Waals surface area (Å²) in [6.07, 6.45) is 1.19. The number of amides is 1. The van der Waals surface area contributed by atoms with Gasteiger partial charge in [-0.25, -0.2) is 4.79 Å². The van der Waals surface area contributed by atoms with E-state index in [2.05, 4.69) is 90.1 Å². The predicted molar refractivity (Wildman–Crippen MR) is 137 cm³/mol. The lowest BCUT2D eigenvalue weighted by atomic mass is 9.73. The van der Waals surface area contributed by atoms with Crippen LogP contribution in [0.15, 0.2) is 60.7 Å². The van der Waals surface area contributed by atoms with E-state index in [0.717, 1.165) is 12.8 Å². The fourth-order valence-electron chi connectivity index (χ4n) is 6.29. The van der Waals surface area contributed by atoms with Crippen LogP contribution < -0.4 is 10.4 Å². The maximum Gasteiger partial charge on any atom is 0.407 e. The molecule has 33 heavy (non-hydrogen) atoms. The largest absolute Gasteiger partial charge is 0.465 e. The molecule has 4 nitrogen and oxygen atoms in total. The van der Waals surface area contributed by atoms with Crippen LogP contribution in [0.3, 0.4) is 0 Å². The number of hydrogen-bond donors (Lipinski definition) is 1. The summed E-state index contributed by atoms with van der Waals surface area (Å²) in [5, 5.41) is 12.5. The third-order valence-corrected chi connectivity index (χ3v) is 13.3. The summed E-state index contributed by atoms with van der Waals surface area (Å²) in [6, 6.07) is 21.1. The highest BCUT2D eigenvalue weighted by Gasteiger charge is 2.65. The summed E-state index contributed by atoms with van der Waals surface area (Å²) < 4.78 is 7.11. The van der Waals surface area contributed by atoms with Crippen molar-refractivity contribution in [2.75, 3.05) is 13.2 Å². The summed E-state index contributed by atoms with van der Waals surface area (Å²) >= 11 is 0. The molecule has 4 rings (SSSR count). The molecular weight excluding hydrogens is 426 g/mol. The molecule has 5 heteroatoms. The van der Waals surface area contributed by atoms with E-state index in [0.29, 0.717) is 19.1 Å². The number of carboxylic acid groups (broad SMARTS) is 1. The maximum atomic E-state index is 12.3. The zero-order valence-electron chi connectivity index (χ0n) is 21.0. The first-order valence-electron chi connectivity index (χ1n) is 12.2. The summed E-state index contributed by atoms with van der Waals surface area (Å²) in [6.45, 7) is 14.6. The second-order valence-electron chi connectivity index (χ2n) is 12.1. The van der Waals surface area contributed by atoms with Gasteiger partial charge in [-0.3, -0.25) is 0 Å². The molecule has 0 aromatic heterocycles. The van der Waals surface area contributed by atoms with Crippen molar-refractivity contribution in [3.63, 3.8) is 0 Å². The Bertz CT molecular complexity index is 940. The van der Waals surface area contributed by atoms with Crippen LogP contribution in [0.4, 0.5) is 4.79 Å². The number of nitrogens with zero attached hydrogens (tertiary/aromatic N) is 1. The smallest absolute Gasteiger partial charge is 0.407 e. The van der Waals surface area contributed by atoms with E-state index in [1.165, 1.54) is 10.4 Å². The molecule has 1 heterocycles. The molecule has 178 valence electrons. The van der Waals surface area contributed by atoms with Crippen molar-refractivity contribution < 1.29 is 14.3 Å². The molecule has 2 aromatic carbocycles. The first-order valence-corrected chi connectivity index (χ1v) is 14.1. The Labute approximate surface area is 200 Å². The van der Waals surface area contributed by atoms with Crippen LogP contribution in [-0.4, -0.2) is 43.6 Å². The quantitative estimate of drug-likeness (QED) is 0.604. The number of piperidine rings is 1. The van der Waals surface area contributed by atoms with E-state index >= 15 is 0 Å². The molecule has 1 aliphatic heterocycles. The number of carbonyl (C=O) groups is 1. The first-order chi connectivity index (χ1) is 15.4. The van der Waals surface area contributed by atoms with Crippen LogP contribution in [0.25, 0.3) is 0 Å². The zero-order valence-corrected chi connectivity index (χ0v) is 22.0. The van der Waals surface area contributed by atoms with Gasteiger partial charge in [0.25, 0.3) is 8.32 Å². The van der Waals surface area contributed by atoms with Gasteiger partial charge in [-0.05, 0) is 45.0 Å². The number of hydrogen-bond acceptors (Lipinski definition) is 2. The van der Waals surface area contributed by atoms with E-state index in [9.17, 15) is 9.90 Å². The van der Waals surface area contributed by atoms with Crippen LogP contribution in [0.5, 0.6) is 0 Å². The lowest BCUT2D eigenvalue weighted by Crippen LogP contribution is -2.67. The molecule has 0 radical (unpaired) electrons. The van der Waals surface area contributed by atoms with Crippen molar-refractivity contribution in [2.24, 2.45) is 16.7 Å². The average Bonchev–Trinajstić information content (AvgIpc) is 3.49. The molecule has 1 saturated carbocycles. The van der Waals surface area contributed by atoms with Crippen LogP contribution in [0.1, 0.15) is 54.4 Å². The summed E-state index contributed by atoms with van der Waals surface area (Å²) in [7, 11) is -2.68. The van der Waals surface area contributed by atoms with E-state index in [4.69, 9.17) is 4.43 Å². The minimum absolute atomic E-state index is 0.105. The topological polar surface area (TPSA) is 49.8 Å². The number of benzene rings is 2. The number of fused-ring (bicyclic) bond motifs is 1. The minimum Gasteiger partial charge on any atom is -0.465 e. The molecule has 1 N–H and O–H groups in total. The van der Waals surface area contributed by atoms with Gasteiger partial charge in [0.05, 0.1) is 12.6 Å². The van der Waals surface area contributed by atoms with Gasteiger partial charge in [-0.2, -0.15) is 0 Å². The summed E-state index contributed by atoms with van der Waals surface area (Å²) in [5.41, 5.74) is 0.217. The van der Waals surface area contributed by atoms with Crippen LogP contribution >= 0.6 is 0 Å². The van der Waals surface area contributed by atoms with E-state index < -0.39 is 14.4 Å². The highest BCUT2D eigenvalue weighted by atomic mass is 28.4. The molecule has 1 saturated heterocycles. The third kappa shape index (κ3) is 4.04. The van der Waals surface area contributed by atoms with Crippen molar-refractivity contribution in [3.05, 3.63) is 60.7 Å². The molecule has 3 atom stereocenters. The SMILES string of the molecule is CC(C)(C)C12CC1CC(CO[Si](c1ccccc1)(c1ccccc1)C(C)(C)C)N(C(=O)O)C2. The summed E-state index contributed by atoms with van der Waals surface area (Å²) in [4.78, 5) is 14.0. The van der Waals surface area contributed by atoms with Crippen LogP contribution in [-0.2, 0) is 4.43 Å². The van der Waals surface area contributed by atoms with Gasteiger partial charge in [0.2, 0.25) is 0 Å². The number of likely N-dealkylation sites (tertiary alicyclic amines) is 1. The Balaban J connectivity index is 1.69. The second kappa shape index (κ2) is 8.28. The van der Waals surface area contributed by atoms with Gasteiger partial charge in [0, 0.05) is 6.54 Å². The predicted octanol–water partition coefficient (Wildman–Crippen LogP) is 5.37. The Morgan fingerprint density at radius 2 is 1.52 bits per heavy atom. The van der Waals surface area contributed by atoms with Crippen molar-refractivity contribution in [3.8, 4) is 0 Å². The molecule has 2 aromatic rings. The van der Waals surface area contributed by atoms with Crippen LogP contribution in [0.2, 0.25) is 5.04 Å². The lowest BCUT2D eigenvalue weighted by molar-refractivity contribution is 0.0260. The third-order valence-electron chi connectivity index (χ3n) is 8.33. The highest BCUT2D eigenvalue weighted by molar-refractivity contribution is 6.99. The van der Waals surface area contributed by atoms with Crippen LogP contribution in [0, 0.1) is 16.7 Å². The molecule has 0 spiro atoms. The minimum atomic E-state index is -2.68. The van der Waals surface area contributed by atoms with Gasteiger partial charge in [0.1, 0.15) is 0 Å². The molecule has 2 fully saturated rings. The highest BCUT2D eigenvalue weighted by Crippen LogP contribution is 2.67. The monoisotopic (exact) mass is 465 g/mol. The zero-order chi connectivity index (χ0) is 24.1. The standard InChI is InChI=1S/C28H39NO3Si/c1-26(2,3)28-18-21(28)17-22(29(20-28)25(30)31)19-32-33(27(4,5)6,23-13-9-7-10-14-23)24-15-11-8-12-16-24/h7-16,21-22H,17-20H2,1-6H3,(H,30,31). The van der Waals surface area contributed by atoms with Gasteiger partial charge < -0.3 is 14.4 Å². The Kier molecular flexibility index (Phi) is 6.03. The molecule has 1 amide bonds. The normalized spacial score (nSPS) is 25.5. The van der Waals surface area contributed by atoms with Gasteiger partial charge in [0.15, 0.2) is 0 Å². The summed E-state index contributed by atoms with van der Waals surface area (Å²) in [5.74, 6) is 0.584. The van der Waals surface area contributed by atoms with Gasteiger partial charge in [-0.1, -0.05) is 102 Å². The van der Waals surface area contributed by atoms with E-state index in [1.54, 1.807) is 4.90 Å². The Hall–Kier alpha value is -2.11. The van der Waals surface area contributed by atoms with E-state index in [1.807, 2.05) is 12.1 Å². The second-order valence-corrected chi connectivity index (χ2v) is 16.4. The molecule has 3 unspecified atom stereocenters. The average molecular weight is 466 g/mol. The van der Waals surface area contributed by atoms with Crippen molar-refractivity contribution in [2.45, 2.75) is 65.5 Å². The molecule has 2 aliphatic rings. The van der Waals surface area contributed by atoms with Gasteiger partial charge >= 0.3 is 6.09 Å². The lowest BCUT2D eigenvalue weighted by Gasteiger charge is -2.47. The van der Waals surface area contributed by atoms with Gasteiger partial charge in [-0.15, -0.1) is 0 Å². The van der Waals surface area contributed by atoms with E-state index in [-0.39, 0.29) is 21.9 Å².